The predicted molar refractivity (Wildman–Crippen MR) is 109 cm³/mol. The molecule has 0 amide bonds. The summed E-state index contributed by atoms with van der Waals surface area (Å²) in [5, 5.41) is 14.4. The molecule has 0 spiro atoms. The number of hydrogen-bond acceptors (Lipinski definition) is 4. The van der Waals surface area contributed by atoms with E-state index in [9.17, 15) is 4.79 Å². The van der Waals surface area contributed by atoms with Crippen LogP contribution in [0.4, 0.5) is 0 Å². The SMILES string of the molecule is COC(=O)c1cc(Cn2nc(C)c(-c3ccc(C#N)c(Cl)c3)c2C)ccc1Cl. The predicted octanol–water partition coefficient (Wildman–Crippen LogP) is 5.18. The van der Waals surface area contributed by atoms with Gasteiger partial charge in [0.1, 0.15) is 6.07 Å². The molecule has 142 valence electrons. The summed E-state index contributed by atoms with van der Waals surface area (Å²) < 4.78 is 6.64. The maximum atomic E-state index is 11.9. The Hall–Kier alpha value is -2.81. The first-order chi connectivity index (χ1) is 13.3. The highest BCUT2D eigenvalue weighted by Crippen LogP contribution is 2.31. The fraction of sp³-hybridized carbons (Fsp3) is 0.190. The number of carbonyl (C=O) groups is 1. The van der Waals surface area contributed by atoms with Crippen LogP contribution in [0.1, 0.15) is 32.9 Å². The maximum absolute atomic E-state index is 11.9. The van der Waals surface area contributed by atoms with Crippen molar-refractivity contribution in [1.29, 1.82) is 5.26 Å². The zero-order valence-electron chi connectivity index (χ0n) is 15.6. The van der Waals surface area contributed by atoms with E-state index in [1.807, 2.05) is 30.7 Å². The van der Waals surface area contributed by atoms with Gasteiger partial charge in [-0.15, -0.1) is 0 Å². The third kappa shape index (κ3) is 3.75. The average molecular weight is 414 g/mol. The first kappa shape index (κ1) is 19.9. The van der Waals surface area contributed by atoms with Crippen LogP contribution < -0.4 is 0 Å². The summed E-state index contributed by atoms with van der Waals surface area (Å²) in [5.74, 6) is -0.479. The Labute approximate surface area is 173 Å². The van der Waals surface area contributed by atoms with Gasteiger partial charge >= 0.3 is 5.97 Å². The zero-order chi connectivity index (χ0) is 20.4. The lowest BCUT2D eigenvalue weighted by Gasteiger charge is -2.09. The third-order valence-corrected chi connectivity index (χ3v) is 5.17. The van der Waals surface area contributed by atoms with Crippen LogP contribution in [0.15, 0.2) is 36.4 Å². The second-order valence-corrected chi connectivity index (χ2v) is 7.13. The largest absolute Gasteiger partial charge is 0.465 e. The lowest BCUT2D eigenvalue weighted by Crippen LogP contribution is -2.07. The molecule has 28 heavy (non-hydrogen) atoms. The molecule has 3 rings (SSSR count). The second-order valence-electron chi connectivity index (χ2n) is 6.32. The average Bonchev–Trinajstić information content (AvgIpc) is 2.95. The van der Waals surface area contributed by atoms with E-state index in [0.29, 0.717) is 27.7 Å². The van der Waals surface area contributed by atoms with Gasteiger partial charge in [0.15, 0.2) is 0 Å². The number of rotatable bonds is 4. The van der Waals surface area contributed by atoms with E-state index in [0.717, 1.165) is 28.1 Å². The van der Waals surface area contributed by atoms with Crippen molar-refractivity contribution in [3.8, 4) is 17.2 Å². The number of hydrogen-bond donors (Lipinski definition) is 0. The van der Waals surface area contributed by atoms with Gasteiger partial charge in [-0.3, -0.25) is 4.68 Å². The number of nitrogens with zero attached hydrogens (tertiary/aromatic N) is 3. The summed E-state index contributed by atoms with van der Waals surface area (Å²) in [4.78, 5) is 11.9. The highest BCUT2D eigenvalue weighted by atomic mass is 35.5. The molecule has 0 saturated carbocycles. The fourth-order valence-electron chi connectivity index (χ4n) is 3.14. The molecule has 1 aromatic heterocycles. The Morgan fingerprint density at radius 2 is 1.93 bits per heavy atom. The number of ether oxygens (including phenoxy) is 1. The number of carbonyl (C=O) groups excluding carboxylic acids is 1. The van der Waals surface area contributed by atoms with Crippen molar-refractivity contribution in [3.63, 3.8) is 0 Å². The number of nitriles is 1. The van der Waals surface area contributed by atoms with Crippen molar-refractivity contribution in [2.24, 2.45) is 0 Å². The van der Waals surface area contributed by atoms with Crippen LogP contribution in [0.5, 0.6) is 0 Å². The van der Waals surface area contributed by atoms with Gasteiger partial charge < -0.3 is 4.74 Å². The summed E-state index contributed by atoms with van der Waals surface area (Å²) in [6, 6.07) is 12.6. The van der Waals surface area contributed by atoms with E-state index < -0.39 is 5.97 Å². The molecule has 0 N–H and O–H groups in total. The maximum Gasteiger partial charge on any atom is 0.339 e. The first-order valence-corrected chi connectivity index (χ1v) is 9.22. The molecular weight excluding hydrogens is 397 g/mol. The Morgan fingerprint density at radius 3 is 2.57 bits per heavy atom. The summed E-state index contributed by atoms with van der Waals surface area (Å²) in [5.41, 5.74) is 5.30. The van der Waals surface area contributed by atoms with Crippen molar-refractivity contribution in [2.45, 2.75) is 20.4 Å². The van der Waals surface area contributed by atoms with Gasteiger partial charge in [-0.1, -0.05) is 35.3 Å². The monoisotopic (exact) mass is 413 g/mol. The summed E-state index contributed by atoms with van der Waals surface area (Å²) in [7, 11) is 1.32. The van der Waals surface area contributed by atoms with Crippen LogP contribution in [0, 0.1) is 25.2 Å². The Kier molecular flexibility index (Phi) is 5.73. The number of esters is 1. The van der Waals surface area contributed by atoms with Gasteiger partial charge in [0.2, 0.25) is 0 Å². The van der Waals surface area contributed by atoms with Crippen LogP contribution in [-0.2, 0) is 11.3 Å². The van der Waals surface area contributed by atoms with E-state index in [-0.39, 0.29) is 0 Å². The van der Waals surface area contributed by atoms with Crippen molar-refractivity contribution >= 4 is 29.2 Å². The van der Waals surface area contributed by atoms with Gasteiger partial charge in [-0.25, -0.2) is 4.79 Å². The molecule has 0 aliphatic heterocycles. The quantitative estimate of drug-likeness (QED) is 0.552. The molecule has 5 nitrogen and oxygen atoms in total. The lowest BCUT2D eigenvalue weighted by molar-refractivity contribution is 0.0601. The van der Waals surface area contributed by atoms with Crippen LogP contribution >= 0.6 is 23.2 Å². The number of aryl methyl sites for hydroxylation is 1. The molecular formula is C21H17Cl2N3O2. The fourth-order valence-corrected chi connectivity index (χ4v) is 3.56. The molecule has 2 aromatic carbocycles. The van der Waals surface area contributed by atoms with Crippen LogP contribution in [0.2, 0.25) is 10.0 Å². The number of benzene rings is 2. The van der Waals surface area contributed by atoms with E-state index in [2.05, 4.69) is 11.2 Å². The normalized spacial score (nSPS) is 10.6. The molecule has 7 heteroatoms. The van der Waals surface area contributed by atoms with Gasteiger partial charge in [-0.05, 0) is 49.2 Å². The molecule has 0 fully saturated rings. The summed E-state index contributed by atoms with van der Waals surface area (Å²) in [6.07, 6.45) is 0. The standard InChI is InChI=1S/C21H17Cl2N3O2/c1-12-20(15-5-6-16(10-24)19(23)9-15)13(2)26(25-12)11-14-4-7-18(22)17(8-14)21(27)28-3/h4-9H,11H2,1-3H3. The summed E-state index contributed by atoms with van der Waals surface area (Å²) >= 11 is 12.3. The number of aromatic nitrogens is 2. The molecule has 0 atom stereocenters. The van der Waals surface area contributed by atoms with Gasteiger partial charge in [0.05, 0.1) is 40.5 Å². The highest BCUT2D eigenvalue weighted by molar-refractivity contribution is 6.33. The molecule has 0 unspecified atom stereocenters. The molecule has 0 radical (unpaired) electrons. The van der Waals surface area contributed by atoms with Crippen LogP contribution in [-0.4, -0.2) is 22.9 Å². The molecule has 3 aromatic rings. The first-order valence-electron chi connectivity index (χ1n) is 8.46. The van der Waals surface area contributed by atoms with Crippen molar-refractivity contribution in [3.05, 3.63) is 74.5 Å². The molecule has 0 bridgehead atoms. The Morgan fingerprint density at radius 1 is 1.18 bits per heavy atom. The Bertz CT molecular complexity index is 1110. The lowest BCUT2D eigenvalue weighted by atomic mass is 10.0. The van der Waals surface area contributed by atoms with E-state index in [4.69, 9.17) is 33.2 Å². The van der Waals surface area contributed by atoms with Gasteiger partial charge in [-0.2, -0.15) is 10.4 Å². The van der Waals surface area contributed by atoms with Crippen molar-refractivity contribution < 1.29 is 9.53 Å². The molecule has 0 aliphatic carbocycles. The third-order valence-electron chi connectivity index (χ3n) is 4.53. The minimum atomic E-state index is -0.479. The number of methoxy groups -OCH3 is 1. The Balaban J connectivity index is 1.98. The summed E-state index contributed by atoms with van der Waals surface area (Å²) in [6.45, 7) is 4.36. The van der Waals surface area contributed by atoms with Gasteiger partial charge in [0.25, 0.3) is 0 Å². The van der Waals surface area contributed by atoms with Crippen molar-refractivity contribution in [1.82, 2.24) is 9.78 Å². The molecule has 0 saturated heterocycles. The zero-order valence-corrected chi connectivity index (χ0v) is 17.1. The number of halogens is 2. The minimum absolute atomic E-state index is 0.322. The van der Waals surface area contributed by atoms with E-state index in [1.165, 1.54) is 7.11 Å². The van der Waals surface area contributed by atoms with E-state index >= 15 is 0 Å². The molecule has 0 aliphatic rings. The van der Waals surface area contributed by atoms with Crippen LogP contribution in [0.3, 0.4) is 0 Å². The highest BCUT2D eigenvalue weighted by Gasteiger charge is 2.16. The van der Waals surface area contributed by atoms with Gasteiger partial charge in [0, 0.05) is 11.3 Å². The topological polar surface area (TPSA) is 67.9 Å². The van der Waals surface area contributed by atoms with Crippen molar-refractivity contribution in [2.75, 3.05) is 7.11 Å². The molecule has 1 heterocycles. The smallest absolute Gasteiger partial charge is 0.339 e. The van der Waals surface area contributed by atoms with Crippen LogP contribution in [0.25, 0.3) is 11.1 Å². The second kappa shape index (κ2) is 8.05. The minimum Gasteiger partial charge on any atom is -0.465 e. The van der Waals surface area contributed by atoms with E-state index in [1.54, 1.807) is 24.3 Å².